The Morgan fingerprint density at radius 2 is 2.00 bits per heavy atom. The average Bonchev–Trinajstić information content (AvgIpc) is 2.28. The van der Waals surface area contributed by atoms with Crippen LogP contribution in [-0.4, -0.2) is 46.5 Å². The van der Waals surface area contributed by atoms with Gasteiger partial charge in [0.25, 0.3) is 0 Å². The highest BCUT2D eigenvalue weighted by Gasteiger charge is 2.34. The van der Waals surface area contributed by atoms with E-state index in [9.17, 15) is 10.2 Å². The summed E-state index contributed by atoms with van der Waals surface area (Å²) in [5, 5.41) is 19.7. The molecule has 84 valence electrons. The van der Waals surface area contributed by atoms with Crippen LogP contribution in [0, 0.1) is 5.41 Å². The van der Waals surface area contributed by atoms with Crippen LogP contribution in [0.5, 0.6) is 0 Å². The Morgan fingerprint density at radius 3 is 2.36 bits per heavy atom. The highest BCUT2D eigenvalue weighted by Crippen LogP contribution is 2.24. The Balaban J connectivity index is 2.40. The third kappa shape index (κ3) is 3.23. The Hall–Kier alpha value is -0.120. The van der Waals surface area contributed by atoms with E-state index in [-0.39, 0.29) is 11.5 Å². The summed E-state index contributed by atoms with van der Waals surface area (Å²) in [4.78, 5) is 2.13. The molecule has 0 aliphatic carbocycles. The van der Waals surface area contributed by atoms with E-state index in [2.05, 4.69) is 4.90 Å². The van der Waals surface area contributed by atoms with Gasteiger partial charge in [0.1, 0.15) is 0 Å². The molecule has 3 nitrogen and oxygen atoms in total. The lowest BCUT2D eigenvalue weighted by atomic mass is 9.89. The van der Waals surface area contributed by atoms with E-state index in [1.54, 1.807) is 0 Å². The minimum absolute atomic E-state index is 0.0750. The zero-order chi connectivity index (χ0) is 11.0. The first-order valence-corrected chi connectivity index (χ1v) is 5.33. The Morgan fingerprint density at radius 1 is 1.43 bits per heavy atom. The van der Waals surface area contributed by atoms with Crippen LogP contribution in [0.2, 0.25) is 0 Å². The molecular weight excluding hydrogens is 178 g/mol. The van der Waals surface area contributed by atoms with Gasteiger partial charge in [-0.05, 0) is 18.8 Å². The van der Waals surface area contributed by atoms with Gasteiger partial charge in [-0.25, -0.2) is 0 Å². The lowest BCUT2D eigenvalue weighted by molar-refractivity contribution is 0.0211. The summed E-state index contributed by atoms with van der Waals surface area (Å²) in [5.41, 5.74) is -0.633. The second-order valence-corrected chi connectivity index (χ2v) is 5.86. The largest absolute Gasteiger partial charge is 0.391 e. The fourth-order valence-electron chi connectivity index (χ4n) is 1.71. The van der Waals surface area contributed by atoms with Crippen molar-refractivity contribution in [2.75, 3.05) is 19.6 Å². The van der Waals surface area contributed by atoms with E-state index in [0.29, 0.717) is 13.1 Å². The van der Waals surface area contributed by atoms with Crippen molar-refractivity contribution in [1.82, 2.24) is 4.90 Å². The van der Waals surface area contributed by atoms with Gasteiger partial charge in [-0.3, -0.25) is 4.90 Å². The standard InChI is InChI=1S/C11H23NO2/c1-10(2,3)9(13)7-12-6-5-11(4,14)8-12/h9,13-14H,5-8H2,1-4H3. The zero-order valence-corrected chi connectivity index (χ0v) is 9.75. The van der Waals surface area contributed by atoms with Gasteiger partial charge in [-0.2, -0.15) is 0 Å². The lowest BCUT2D eigenvalue weighted by Crippen LogP contribution is -2.40. The normalized spacial score (nSPS) is 32.1. The molecule has 1 rings (SSSR count). The van der Waals surface area contributed by atoms with Crippen molar-refractivity contribution in [3.63, 3.8) is 0 Å². The molecule has 0 bridgehead atoms. The van der Waals surface area contributed by atoms with Crippen molar-refractivity contribution in [2.45, 2.75) is 45.8 Å². The molecule has 1 aliphatic heterocycles. The van der Waals surface area contributed by atoms with Crippen molar-refractivity contribution < 1.29 is 10.2 Å². The average molecular weight is 201 g/mol. The van der Waals surface area contributed by atoms with E-state index >= 15 is 0 Å². The van der Waals surface area contributed by atoms with Crippen LogP contribution in [0.15, 0.2) is 0 Å². The third-order valence-corrected chi connectivity index (χ3v) is 2.96. The predicted octanol–water partition coefficient (Wildman–Crippen LogP) is 0.850. The van der Waals surface area contributed by atoms with E-state index in [1.165, 1.54) is 0 Å². The number of hydrogen-bond acceptors (Lipinski definition) is 3. The summed E-state index contributed by atoms with van der Waals surface area (Å²) in [6, 6.07) is 0. The summed E-state index contributed by atoms with van der Waals surface area (Å²) in [7, 11) is 0. The minimum atomic E-state index is -0.558. The van der Waals surface area contributed by atoms with E-state index < -0.39 is 5.60 Å². The van der Waals surface area contributed by atoms with Crippen LogP contribution in [0.1, 0.15) is 34.1 Å². The number of β-amino-alcohol motifs (C(OH)–C–C–N with tert-alkyl or cyclic N) is 2. The molecule has 0 aromatic rings. The SMILES string of the molecule is CC1(O)CCN(CC(O)C(C)(C)C)C1. The fourth-order valence-corrected chi connectivity index (χ4v) is 1.71. The first-order chi connectivity index (χ1) is 6.21. The summed E-state index contributed by atoms with van der Waals surface area (Å²) >= 11 is 0. The van der Waals surface area contributed by atoms with Crippen LogP contribution >= 0.6 is 0 Å². The van der Waals surface area contributed by atoms with E-state index in [1.807, 2.05) is 27.7 Å². The van der Waals surface area contributed by atoms with Crippen molar-refractivity contribution >= 4 is 0 Å². The Labute approximate surface area is 86.7 Å². The van der Waals surface area contributed by atoms with Crippen LogP contribution in [0.4, 0.5) is 0 Å². The second kappa shape index (κ2) is 3.80. The molecule has 2 unspecified atom stereocenters. The molecule has 2 atom stereocenters. The van der Waals surface area contributed by atoms with Gasteiger partial charge in [0.2, 0.25) is 0 Å². The Bertz CT molecular complexity index is 196. The number of likely N-dealkylation sites (tertiary alicyclic amines) is 1. The molecule has 1 heterocycles. The summed E-state index contributed by atoms with van der Waals surface area (Å²) in [6.45, 7) is 10.2. The fraction of sp³-hybridized carbons (Fsp3) is 1.00. The van der Waals surface area contributed by atoms with E-state index in [4.69, 9.17) is 0 Å². The van der Waals surface area contributed by atoms with Gasteiger partial charge >= 0.3 is 0 Å². The number of aliphatic hydroxyl groups is 2. The monoisotopic (exact) mass is 201 g/mol. The van der Waals surface area contributed by atoms with Crippen molar-refractivity contribution in [3.05, 3.63) is 0 Å². The van der Waals surface area contributed by atoms with Crippen molar-refractivity contribution in [3.8, 4) is 0 Å². The third-order valence-electron chi connectivity index (χ3n) is 2.96. The van der Waals surface area contributed by atoms with Gasteiger partial charge in [0, 0.05) is 19.6 Å². The summed E-state index contributed by atoms with van der Waals surface area (Å²) in [5.74, 6) is 0. The maximum Gasteiger partial charge on any atom is 0.0758 e. The molecule has 0 radical (unpaired) electrons. The molecule has 0 saturated carbocycles. The number of hydrogen-bond donors (Lipinski definition) is 2. The van der Waals surface area contributed by atoms with Crippen LogP contribution in [0.3, 0.4) is 0 Å². The van der Waals surface area contributed by atoms with E-state index in [0.717, 1.165) is 13.0 Å². The highest BCUT2D eigenvalue weighted by molar-refractivity contribution is 4.88. The molecule has 1 aliphatic rings. The molecular formula is C11H23NO2. The number of aliphatic hydroxyl groups excluding tert-OH is 1. The summed E-state index contributed by atoms with van der Waals surface area (Å²) < 4.78 is 0. The van der Waals surface area contributed by atoms with Gasteiger partial charge in [-0.1, -0.05) is 20.8 Å². The molecule has 3 heteroatoms. The first kappa shape index (κ1) is 12.0. The second-order valence-electron chi connectivity index (χ2n) is 5.86. The van der Waals surface area contributed by atoms with Gasteiger partial charge in [0.05, 0.1) is 11.7 Å². The van der Waals surface area contributed by atoms with Gasteiger partial charge in [0.15, 0.2) is 0 Å². The maximum atomic E-state index is 9.89. The van der Waals surface area contributed by atoms with Gasteiger partial charge in [-0.15, -0.1) is 0 Å². The van der Waals surface area contributed by atoms with Crippen molar-refractivity contribution in [2.24, 2.45) is 5.41 Å². The maximum absolute atomic E-state index is 9.89. The quantitative estimate of drug-likeness (QED) is 0.696. The number of nitrogens with zero attached hydrogens (tertiary/aromatic N) is 1. The topological polar surface area (TPSA) is 43.7 Å². The molecule has 14 heavy (non-hydrogen) atoms. The smallest absolute Gasteiger partial charge is 0.0758 e. The van der Waals surface area contributed by atoms with Gasteiger partial charge < -0.3 is 10.2 Å². The number of rotatable bonds is 2. The van der Waals surface area contributed by atoms with Crippen molar-refractivity contribution in [1.29, 1.82) is 0 Å². The lowest BCUT2D eigenvalue weighted by Gasteiger charge is -2.30. The molecule has 0 aromatic heterocycles. The highest BCUT2D eigenvalue weighted by atomic mass is 16.3. The predicted molar refractivity (Wildman–Crippen MR) is 57.1 cm³/mol. The molecule has 0 amide bonds. The Kier molecular flexibility index (Phi) is 3.24. The molecule has 1 fully saturated rings. The minimum Gasteiger partial charge on any atom is -0.391 e. The van der Waals surface area contributed by atoms with Crippen LogP contribution < -0.4 is 0 Å². The summed E-state index contributed by atoms with van der Waals surface area (Å²) in [6.07, 6.45) is 0.487. The molecule has 0 aromatic carbocycles. The van der Waals surface area contributed by atoms with Crippen LogP contribution in [-0.2, 0) is 0 Å². The molecule has 2 N–H and O–H groups in total. The zero-order valence-electron chi connectivity index (χ0n) is 9.75. The molecule has 0 spiro atoms. The first-order valence-electron chi connectivity index (χ1n) is 5.33. The van der Waals surface area contributed by atoms with Crippen LogP contribution in [0.25, 0.3) is 0 Å². The molecule has 1 saturated heterocycles.